The van der Waals surface area contributed by atoms with Gasteiger partial charge in [-0.05, 0) is 44.9 Å². The fourth-order valence-electron chi connectivity index (χ4n) is 3.29. The second-order valence-corrected chi connectivity index (χ2v) is 6.41. The van der Waals surface area contributed by atoms with Crippen molar-refractivity contribution in [3.8, 4) is 11.5 Å². The molecule has 3 rings (SSSR count). The fourth-order valence-corrected chi connectivity index (χ4v) is 3.29. The normalized spacial score (nSPS) is 17.1. The number of likely N-dealkylation sites (tertiary alicyclic amines) is 1. The van der Waals surface area contributed by atoms with Crippen LogP contribution in [0.2, 0.25) is 0 Å². The lowest BCUT2D eigenvalue weighted by atomic mass is 10.1. The summed E-state index contributed by atoms with van der Waals surface area (Å²) in [5, 5.41) is 14.3. The average Bonchev–Trinajstić information content (AvgIpc) is 3.23. The van der Waals surface area contributed by atoms with E-state index < -0.39 is 6.09 Å². The Hall–Kier alpha value is -2.76. The highest BCUT2D eigenvalue weighted by Gasteiger charge is 2.34. The van der Waals surface area contributed by atoms with E-state index in [0.717, 1.165) is 18.5 Å². The second-order valence-electron chi connectivity index (χ2n) is 6.41. The van der Waals surface area contributed by atoms with Gasteiger partial charge in [-0.25, -0.2) is 4.79 Å². The van der Waals surface area contributed by atoms with Crippen LogP contribution in [0, 0.1) is 0 Å². The summed E-state index contributed by atoms with van der Waals surface area (Å²) in [6, 6.07) is 6.95. The van der Waals surface area contributed by atoms with Crippen molar-refractivity contribution in [2.75, 3.05) is 6.54 Å². The van der Waals surface area contributed by atoms with E-state index in [4.69, 9.17) is 4.74 Å². The molecule has 1 aliphatic heterocycles. The molecule has 1 aromatic carbocycles. The van der Waals surface area contributed by atoms with E-state index in [1.165, 1.54) is 12.1 Å². The Kier molecular flexibility index (Phi) is 4.79. The lowest BCUT2D eigenvalue weighted by molar-refractivity contribution is 0.145. The molecule has 2 aromatic rings. The summed E-state index contributed by atoms with van der Waals surface area (Å²) in [5.41, 5.74) is 1.43. The minimum atomic E-state index is -0.423. The van der Waals surface area contributed by atoms with Crippen molar-refractivity contribution >= 4 is 12.2 Å². The number of nitrogens with zero attached hydrogens (tertiary/aromatic N) is 3. The number of carbonyl (C=O) groups is 1. The molecule has 1 saturated heterocycles. The van der Waals surface area contributed by atoms with Gasteiger partial charge in [0.05, 0.1) is 17.3 Å². The molecule has 0 aliphatic carbocycles. The Labute approximate surface area is 147 Å². The molecule has 0 spiro atoms. The van der Waals surface area contributed by atoms with Gasteiger partial charge < -0.3 is 9.84 Å². The molecule has 1 atom stereocenters. The van der Waals surface area contributed by atoms with Gasteiger partial charge in [0.2, 0.25) is 0 Å². The van der Waals surface area contributed by atoms with Gasteiger partial charge in [-0.1, -0.05) is 18.7 Å². The van der Waals surface area contributed by atoms with Gasteiger partial charge in [-0.3, -0.25) is 9.58 Å². The van der Waals surface area contributed by atoms with Crippen LogP contribution in [0.1, 0.15) is 50.0 Å². The Balaban J connectivity index is 1.83. The zero-order valence-corrected chi connectivity index (χ0v) is 14.6. The topological polar surface area (TPSA) is 67.6 Å². The van der Waals surface area contributed by atoms with Crippen molar-refractivity contribution in [2.45, 2.75) is 38.8 Å². The predicted octanol–water partition coefficient (Wildman–Crippen LogP) is 4.15. The van der Waals surface area contributed by atoms with Crippen molar-refractivity contribution in [2.24, 2.45) is 0 Å². The molecule has 2 heterocycles. The number of benzene rings is 1. The molecule has 1 fully saturated rings. The molecular weight excluding hydrogens is 318 g/mol. The van der Waals surface area contributed by atoms with E-state index in [2.05, 4.69) is 25.5 Å². The lowest BCUT2D eigenvalue weighted by Crippen LogP contribution is -2.34. The molecule has 132 valence electrons. The number of aromatic hydroxyl groups is 1. The molecule has 1 aliphatic rings. The van der Waals surface area contributed by atoms with Gasteiger partial charge in [0.15, 0.2) is 0 Å². The minimum Gasteiger partial charge on any atom is -0.507 e. The van der Waals surface area contributed by atoms with Crippen LogP contribution in [0.3, 0.4) is 0 Å². The third-order valence-corrected chi connectivity index (χ3v) is 4.46. The van der Waals surface area contributed by atoms with Crippen LogP contribution in [-0.2, 0) is 0 Å². The number of phenols is 1. The standard InChI is InChI=1S/C19H23N3O3/c1-4-14-17(23)8-5-9-18(14)25-19(24)21-12-6-7-15(21)16-10-11-20-22(16)13(2)3/h4-5,8-11,13,15,23H,1,6-7,12H2,2-3H3. The molecule has 1 N–H and O–H groups in total. The highest BCUT2D eigenvalue weighted by Crippen LogP contribution is 2.35. The van der Waals surface area contributed by atoms with Gasteiger partial charge >= 0.3 is 6.09 Å². The molecule has 1 unspecified atom stereocenters. The largest absolute Gasteiger partial charge is 0.507 e. The lowest BCUT2D eigenvalue weighted by Gasteiger charge is -2.26. The van der Waals surface area contributed by atoms with Crippen LogP contribution in [0.25, 0.3) is 6.08 Å². The minimum absolute atomic E-state index is 0.0381. The van der Waals surface area contributed by atoms with Crippen LogP contribution in [0.15, 0.2) is 37.0 Å². The Morgan fingerprint density at radius 2 is 2.24 bits per heavy atom. The van der Waals surface area contributed by atoms with Crippen molar-refractivity contribution in [3.05, 3.63) is 48.3 Å². The summed E-state index contributed by atoms with van der Waals surface area (Å²) in [6.45, 7) is 8.43. The van der Waals surface area contributed by atoms with Gasteiger partial charge in [-0.2, -0.15) is 5.10 Å². The predicted molar refractivity (Wildman–Crippen MR) is 95.5 cm³/mol. The summed E-state index contributed by atoms with van der Waals surface area (Å²) in [5.74, 6) is 0.346. The maximum Gasteiger partial charge on any atom is 0.415 e. The van der Waals surface area contributed by atoms with Gasteiger partial charge in [0.1, 0.15) is 11.5 Å². The fraction of sp³-hybridized carbons (Fsp3) is 0.368. The van der Waals surface area contributed by atoms with E-state index in [-0.39, 0.29) is 17.8 Å². The molecule has 1 aromatic heterocycles. The highest BCUT2D eigenvalue weighted by atomic mass is 16.6. The molecule has 0 radical (unpaired) electrons. The Morgan fingerprint density at radius 1 is 1.44 bits per heavy atom. The Bertz CT molecular complexity index is 782. The average molecular weight is 341 g/mol. The molecule has 6 nitrogen and oxygen atoms in total. The molecule has 1 amide bonds. The Morgan fingerprint density at radius 3 is 2.96 bits per heavy atom. The number of carbonyl (C=O) groups excluding carboxylic acids is 1. The molecular formula is C19H23N3O3. The van der Waals surface area contributed by atoms with Crippen molar-refractivity contribution < 1.29 is 14.6 Å². The first-order valence-corrected chi connectivity index (χ1v) is 8.49. The van der Waals surface area contributed by atoms with Crippen LogP contribution in [0.5, 0.6) is 11.5 Å². The van der Waals surface area contributed by atoms with E-state index in [0.29, 0.717) is 17.9 Å². The first kappa shape index (κ1) is 17.1. The monoisotopic (exact) mass is 341 g/mol. The van der Waals surface area contributed by atoms with Crippen LogP contribution in [-0.4, -0.2) is 32.4 Å². The van der Waals surface area contributed by atoms with E-state index in [1.54, 1.807) is 23.2 Å². The van der Waals surface area contributed by atoms with Gasteiger partial charge in [-0.15, -0.1) is 0 Å². The number of hydrogen-bond acceptors (Lipinski definition) is 4. The molecule has 0 bridgehead atoms. The van der Waals surface area contributed by atoms with Gasteiger partial charge in [0, 0.05) is 18.8 Å². The molecule has 25 heavy (non-hydrogen) atoms. The number of phenolic OH excluding ortho intramolecular Hbond substituents is 1. The number of amides is 1. The second kappa shape index (κ2) is 7.01. The van der Waals surface area contributed by atoms with Crippen LogP contribution < -0.4 is 4.74 Å². The highest BCUT2D eigenvalue weighted by molar-refractivity contribution is 5.74. The zero-order valence-electron chi connectivity index (χ0n) is 14.6. The summed E-state index contributed by atoms with van der Waals surface area (Å²) in [7, 11) is 0. The first-order chi connectivity index (χ1) is 12.0. The molecule has 0 saturated carbocycles. The van der Waals surface area contributed by atoms with Crippen molar-refractivity contribution in [3.63, 3.8) is 0 Å². The zero-order chi connectivity index (χ0) is 18.0. The van der Waals surface area contributed by atoms with Crippen LogP contribution in [0.4, 0.5) is 4.79 Å². The summed E-state index contributed by atoms with van der Waals surface area (Å²) in [4.78, 5) is 14.5. The van der Waals surface area contributed by atoms with E-state index in [1.807, 2.05) is 10.7 Å². The first-order valence-electron chi connectivity index (χ1n) is 8.49. The maximum absolute atomic E-state index is 12.7. The van der Waals surface area contributed by atoms with Crippen molar-refractivity contribution in [1.82, 2.24) is 14.7 Å². The third-order valence-electron chi connectivity index (χ3n) is 4.46. The van der Waals surface area contributed by atoms with E-state index in [9.17, 15) is 9.90 Å². The third kappa shape index (κ3) is 3.24. The van der Waals surface area contributed by atoms with Crippen LogP contribution >= 0.6 is 0 Å². The number of ether oxygens (including phenoxy) is 1. The summed E-state index contributed by atoms with van der Waals surface area (Å²) < 4.78 is 7.50. The number of hydrogen-bond donors (Lipinski definition) is 1. The SMILES string of the molecule is C=Cc1c(O)cccc1OC(=O)N1CCCC1c1ccnn1C(C)C. The summed E-state index contributed by atoms with van der Waals surface area (Å²) >= 11 is 0. The quantitative estimate of drug-likeness (QED) is 0.907. The smallest absolute Gasteiger partial charge is 0.415 e. The number of aromatic nitrogens is 2. The maximum atomic E-state index is 12.7. The molecule has 6 heteroatoms. The number of rotatable bonds is 4. The summed E-state index contributed by atoms with van der Waals surface area (Å²) in [6.07, 6.45) is 4.61. The van der Waals surface area contributed by atoms with Gasteiger partial charge in [0.25, 0.3) is 0 Å². The van der Waals surface area contributed by atoms with E-state index >= 15 is 0 Å². The van der Waals surface area contributed by atoms with Crippen molar-refractivity contribution in [1.29, 1.82) is 0 Å².